The molecule has 4 nitrogen and oxygen atoms in total. The fourth-order valence-electron chi connectivity index (χ4n) is 2.14. The first-order chi connectivity index (χ1) is 7.87. The highest BCUT2D eigenvalue weighted by Crippen LogP contribution is 2.37. The Balaban J connectivity index is 2.40. The van der Waals surface area contributed by atoms with Crippen LogP contribution in [-0.4, -0.2) is 29.8 Å². The van der Waals surface area contributed by atoms with Gasteiger partial charge in [0.25, 0.3) is 0 Å². The summed E-state index contributed by atoms with van der Waals surface area (Å²) in [6, 6.07) is 5.84. The number of rotatable bonds is 2. The van der Waals surface area contributed by atoms with Gasteiger partial charge in [0.1, 0.15) is 17.9 Å². The number of anilines is 1. The topological polar surface area (TPSA) is 49.8 Å². The standard InChI is InChI=1S/C13H17NO3/c1-9-4-5-10-11(6-9)17-13(2,3)8-14(10)7-12(15)16/h4-6H,7-8H2,1-3H3,(H,15,16). The molecule has 0 atom stereocenters. The maximum atomic E-state index is 10.9. The minimum Gasteiger partial charge on any atom is -0.484 e. The first-order valence-corrected chi connectivity index (χ1v) is 5.64. The monoisotopic (exact) mass is 235 g/mol. The smallest absolute Gasteiger partial charge is 0.323 e. The van der Waals surface area contributed by atoms with Gasteiger partial charge in [-0.25, -0.2) is 0 Å². The van der Waals surface area contributed by atoms with Crippen molar-refractivity contribution in [3.8, 4) is 5.75 Å². The molecule has 0 amide bonds. The van der Waals surface area contributed by atoms with Gasteiger partial charge in [-0.15, -0.1) is 0 Å². The molecule has 0 saturated heterocycles. The largest absolute Gasteiger partial charge is 0.484 e. The van der Waals surface area contributed by atoms with Crippen LogP contribution in [0.5, 0.6) is 5.75 Å². The van der Waals surface area contributed by atoms with Crippen molar-refractivity contribution in [2.75, 3.05) is 18.0 Å². The summed E-state index contributed by atoms with van der Waals surface area (Å²) in [5.74, 6) is -0.0586. The van der Waals surface area contributed by atoms with E-state index in [2.05, 4.69) is 0 Å². The van der Waals surface area contributed by atoms with Crippen molar-refractivity contribution in [2.24, 2.45) is 0 Å². The average molecular weight is 235 g/mol. The number of carboxylic acid groups (broad SMARTS) is 1. The highest BCUT2D eigenvalue weighted by atomic mass is 16.5. The van der Waals surface area contributed by atoms with Gasteiger partial charge in [-0.3, -0.25) is 4.79 Å². The second-order valence-corrected chi connectivity index (χ2v) is 5.08. The molecule has 2 rings (SSSR count). The number of aliphatic carboxylic acids is 1. The van der Waals surface area contributed by atoms with E-state index in [1.54, 1.807) is 0 Å². The molecule has 0 aliphatic carbocycles. The van der Waals surface area contributed by atoms with E-state index in [9.17, 15) is 4.79 Å². The van der Waals surface area contributed by atoms with Crippen LogP contribution in [0, 0.1) is 6.92 Å². The molecule has 17 heavy (non-hydrogen) atoms. The number of fused-ring (bicyclic) bond motifs is 1. The second-order valence-electron chi connectivity index (χ2n) is 5.08. The van der Waals surface area contributed by atoms with Crippen LogP contribution in [0.15, 0.2) is 18.2 Å². The van der Waals surface area contributed by atoms with Crippen molar-refractivity contribution >= 4 is 11.7 Å². The van der Waals surface area contributed by atoms with Gasteiger partial charge < -0.3 is 14.7 Å². The van der Waals surface area contributed by atoms with E-state index >= 15 is 0 Å². The Morgan fingerprint density at radius 3 is 2.88 bits per heavy atom. The Hall–Kier alpha value is -1.71. The third-order valence-electron chi connectivity index (χ3n) is 2.74. The van der Waals surface area contributed by atoms with E-state index in [-0.39, 0.29) is 12.1 Å². The van der Waals surface area contributed by atoms with Gasteiger partial charge in [-0.05, 0) is 38.5 Å². The Kier molecular flexibility index (Phi) is 2.73. The van der Waals surface area contributed by atoms with E-state index in [1.807, 2.05) is 43.9 Å². The highest BCUT2D eigenvalue weighted by Gasteiger charge is 2.32. The zero-order valence-corrected chi connectivity index (χ0v) is 10.4. The molecule has 0 fully saturated rings. The molecule has 0 aromatic heterocycles. The Morgan fingerprint density at radius 2 is 2.24 bits per heavy atom. The van der Waals surface area contributed by atoms with Gasteiger partial charge in [0.15, 0.2) is 0 Å². The lowest BCUT2D eigenvalue weighted by atomic mass is 10.0. The van der Waals surface area contributed by atoms with Crippen LogP contribution in [0.4, 0.5) is 5.69 Å². The van der Waals surface area contributed by atoms with Gasteiger partial charge in [0.2, 0.25) is 0 Å². The Morgan fingerprint density at radius 1 is 1.53 bits per heavy atom. The Labute approximate surface area is 101 Å². The summed E-state index contributed by atoms with van der Waals surface area (Å²) in [5.41, 5.74) is 1.60. The number of carbonyl (C=O) groups is 1. The quantitative estimate of drug-likeness (QED) is 0.852. The fraction of sp³-hybridized carbons (Fsp3) is 0.462. The zero-order chi connectivity index (χ0) is 12.6. The molecule has 1 aromatic rings. The lowest BCUT2D eigenvalue weighted by Gasteiger charge is -2.40. The third kappa shape index (κ3) is 2.52. The van der Waals surface area contributed by atoms with Crippen molar-refractivity contribution in [3.63, 3.8) is 0 Å². The average Bonchev–Trinajstić information content (AvgIpc) is 2.13. The maximum absolute atomic E-state index is 10.9. The highest BCUT2D eigenvalue weighted by molar-refractivity contribution is 5.76. The molecule has 1 aliphatic heterocycles. The minimum atomic E-state index is -0.825. The number of nitrogens with zero attached hydrogens (tertiary/aromatic N) is 1. The van der Waals surface area contributed by atoms with E-state index in [0.717, 1.165) is 17.0 Å². The van der Waals surface area contributed by atoms with Crippen molar-refractivity contribution in [1.29, 1.82) is 0 Å². The number of benzene rings is 1. The third-order valence-corrected chi connectivity index (χ3v) is 2.74. The maximum Gasteiger partial charge on any atom is 0.323 e. The summed E-state index contributed by atoms with van der Waals surface area (Å²) in [5, 5.41) is 8.93. The van der Waals surface area contributed by atoms with Gasteiger partial charge in [0, 0.05) is 0 Å². The molecular weight excluding hydrogens is 218 g/mol. The summed E-state index contributed by atoms with van der Waals surface area (Å²) in [6.45, 7) is 6.51. The first-order valence-electron chi connectivity index (χ1n) is 5.64. The number of aryl methyl sites for hydroxylation is 1. The van der Waals surface area contributed by atoms with E-state index in [4.69, 9.17) is 9.84 Å². The van der Waals surface area contributed by atoms with Crippen LogP contribution in [0.3, 0.4) is 0 Å². The molecule has 1 heterocycles. The molecule has 1 N–H and O–H groups in total. The van der Waals surface area contributed by atoms with Gasteiger partial charge >= 0.3 is 5.97 Å². The molecule has 0 bridgehead atoms. The first kappa shape index (κ1) is 11.8. The lowest BCUT2D eigenvalue weighted by molar-refractivity contribution is -0.135. The number of ether oxygens (including phenoxy) is 1. The zero-order valence-electron chi connectivity index (χ0n) is 10.4. The molecule has 0 radical (unpaired) electrons. The summed E-state index contributed by atoms with van der Waals surface area (Å²) in [4.78, 5) is 12.7. The minimum absolute atomic E-state index is 0.00283. The number of hydrogen-bond acceptors (Lipinski definition) is 3. The van der Waals surface area contributed by atoms with Gasteiger partial charge in [0.05, 0.1) is 12.2 Å². The van der Waals surface area contributed by atoms with Gasteiger partial charge in [-0.1, -0.05) is 6.07 Å². The summed E-state index contributed by atoms with van der Waals surface area (Å²) in [6.07, 6.45) is 0. The molecule has 0 saturated carbocycles. The van der Waals surface area contributed by atoms with Crippen molar-refractivity contribution in [3.05, 3.63) is 23.8 Å². The van der Waals surface area contributed by atoms with Crippen LogP contribution in [0.1, 0.15) is 19.4 Å². The fourth-order valence-corrected chi connectivity index (χ4v) is 2.14. The SMILES string of the molecule is Cc1ccc2c(c1)OC(C)(C)CN2CC(=O)O. The predicted octanol–water partition coefficient (Wildman–Crippen LogP) is 2.06. The van der Waals surface area contributed by atoms with Crippen LogP contribution < -0.4 is 9.64 Å². The molecule has 1 aromatic carbocycles. The Bertz CT molecular complexity index is 454. The molecule has 1 aliphatic rings. The summed E-state index contributed by atoms with van der Waals surface area (Å²) in [7, 11) is 0. The number of hydrogen-bond donors (Lipinski definition) is 1. The van der Waals surface area contributed by atoms with Crippen molar-refractivity contribution in [1.82, 2.24) is 0 Å². The summed E-state index contributed by atoms with van der Waals surface area (Å²) >= 11 is 0. The van der Waals surface area contributed by atoms with E-state index < -0.39 is 5.97 Å². The molecule has 0 unspecified atom stereocenters. The molecule has 92 valence electrons. The van der Waals surface area contributed by atoms with Crippen molar-refractivity contribution < 1.29 is 14.6 Å². The molecule has 4 heteroatoms. The van der Waals surface area contributed by atoms with Crippen LogP contribution in [0.2, 0.25) is 0 Å². The molecular formula is C13H17NO3. The molecule has 0 spiro atoms. The van der Waals surface area contributed by atoms with E-state index in [0.29, 0.717) is 6.54 Å². The van der Waals surface area contributed by atoms with Crippen LogP contribution in [0.25, 0.3) is 0 Å². The summed E-state index contributed by atoms with van der Waals surface area (Å²) < 4.78 is 5.88. The predicted molar refractivity (Wildman–Crippen MR) is 65.7 cm³/mol. The lowest BCUT2D eigenvalue weighted by Crippen LogP contribution is -2.48. The van der Waals surface area contributed by atoms with Gasteiger partial charge in [-0.2, -0.15) is 0 Å². The van der Waals surface area contributed by atoms with E-state index in [1.165, 1.54) is 0 Å². The second kappa shape index (κ2) is 3.95. The van der Waals surface area contributed by atoms with Crippen LogP contribution >= 0.6 is 0 Å². The normalized spacial score (nSPS) is 17.2. The van der Waals surface area contributed by atoms with Crippen molar-refractivity contribution in [2.45, 2.75) is 26.4 Å². The van der Waals surface area contributed by atoms with Crippen LogP contribution in [-0.2, 0) is 4.79 Å². The number of carboxylic acids is 1.